The van der Waals surface area contributed by atoms with Gasteiger partial charge in [-0.25, -0.2) is 9.78 Å². The number of alkyl halides is 3. The summed E-state index contributed by atoms with van der Waals surface area (Å²) in [7, 11) is 0. The van der Waals surface area contributed by atoms with Crippen LogP contribution in [0.15, 0.2) is 48.9 Å². The van der Waals surface area contributed by atoms with Gasteiger partial charge in [-0.05, 0) is 6.07 Å². The van der Waals surface area contributed by atoms with Crippen molar-refractivity contribution in [3.8, 4) is 12.1 Å². The van der Waals surface area contributed by atoms with E-state index in [1.165, 1.54) is 11.1 Å². The van der Waals surface area contributed by atoms with Crippen LogP contribution in [0.4, 0.5) is 29.3 Å². The minimum Gasteiger partial charge on any atom is -0.288 e. The highest BCUT2D eigenvalue weighted by atomic mass is 19.4. The molecule has 1 saturated heterocycles. The molecule has 0 spiro atoms. The standard InChI is InChI=1S/C20H11F3N6O/c21-20(22,23)18-5-13(6-24)16(10-27-18)28-11-14(7-25)29(19(28)30)17-9-26-8-12-3-1-2-4-15(12)17/h1-5,8-10,14H,11H2/t14-/m0/s1. The van der Waals surface area contributed by atoms with E-state index in [0.717, 1.165) is 16.5 Å². The SMILES string of the molecule is N#Cc1cc(C(F)(F)F)ncc1N1C[C@H](C#N)N(c2cncc3ccccc23)C1=O. The molecule has 1 aliphatic heterocycles. The maximum atomic E-state index is 13.2. The van der Waals surface area contributed by atoms with Crippen molar-refractivity contribution in [1.29, 1.82) is 10.5 Å². The van der Waals surface area contributed by atoms with Gasteiger partial charge in [0.25, 0.3) is 0 Å². The van der Waals surface area contributed by atoms with Crippen LogP contribution >= 0.6 is 0 Å². The molecule has 0 aliphatic carbocycles. The van der Waals surface area contributed by atoms with Gasteiger partial charge in [0.05, 0.1) is 41.9 Å². The Hall–Kier alpha value is -4.18. The molecule has 148 valence electrons. The smallest absolute Gasteiger partial charge is 0.288 e. The molecule has 10 heteroatoms. The molecule has 3 heterocycles. The average molecular weight is 408 g/mol. The molecule has 0 saturated carbocycles. The summed E-state index contributed by atoms with van der Waals surface area (Å²) in [4.78, 5) is 23.0. The van der Waals surface area contributed by atoms with E-state index in [9.17, 15) is 28.5 Å². The van der Waals surface area contributed by atoms with Crippen molar-refractivity contribution >= 4 is 28.2 Å². The highest BCUT2D eigenvalue weighted by molar-refractivity contribution is 6.12. The van der Waals surface area contributed by atoms with Crippen molar-refractivity contribution < 1.29 is 18.0 Å². The summed E-state index contributed by atoms with van der Waals surface area (Å²) in [6.45, 7) is -0.139. The van der Waals surface area contributed by atoms with Gasteiger partial charge in [-0.2, -0.15) is 23.7 Å². The third-order valence-electron chi connectivity index (χ3n) is 4.74. The number of anilines is 2. The maximum absolute atomic E-state index is 13.2. The molecule has 7 nitrogen and oxygen atoms in total. The molecular formula is C20H11F3N6O. The number of hydrogen-bond donors (Lipinski definition) is 0. The van der Waals surface area contributed by atoms with Gasteiger partial charge in [0.1, 0.15) is 17.8 Å². The van der Waals surface area contributed by atoms with Crippen molar-refractivity contribution in [3.63, 3.8) is 0 Å². The van der Waals surface area contributed by atoms with E-state index >= 15 is 0 Å². The molecule has 1 atom stereocenters. The summed E-state index contributed by atoms with van der Waals surface area (Å²) in [6, 6.07) is 9.87. The Bertz CT molecular complexity index is 1240. The molecule has 1 aliphatic rings. The topological polar surface area (TPSA) is 96.9 Å². The number of hydrogen-bond acceptors (Lipinski definition) is 5. The van der Waals surface area contributed by atoms with E-state index in [1.807, 2.05) is 6.07 Å². The first kappa shape index (κ1) is 19.2. The van der Waals surface area contributed by atoms with Crippen LogP contribution in [0.3, 0.4) is 0 Å². The van der Waals surface area contributed by atoms with E-state index in [0.29, 0.717) is 17.1 Å². The number of carbonyl (C=O) groups excluding carboxylic acids is 1. The zero-order valence-electron chi connectivity index (χ0n) is 15.1. The van der Waals surface area contributed by atoms with Crippen LogP contribution in [0.25, 0.3) is 10.8 Å². The van der Waals surface area contributed by atoms with Crippen LogP contribution in [-0.2, 0) is 6.18 Å². The first-order chi connectivity index (χ1) is 14.3. The van der Waals surface area contributed by atoms with E-state index in [4.69, 9.17) is 0 Å². The van der Waals surface area contributed by atoms with Gasteiger partial charge in [0.2, 0.25) is 0 Å². The Kier molecular flexibility index (Phi) is 4.47. The first-order valence-corrected chi connectivity index (χ1v) is 8.65. The normalized spacial score (nSPS) is 16.6. The lowest BCUT2D eigenvalue weighted by Crippen LogP contribution is -2.35. The fraction of sp³-hybridized carbons (Fsp3) is 0.150. The number of urea groups is 1. The van der Waals surface area contributed by atoms with Crippen LogP contribution < -0.4 is 9.80 Å². The predicted molar refractivity (Wildman–Crippen MR) is 100 cm³/mol. The molecule has 1 fully saturated rings. The lowest BCUT2D eigenvalue weighted by atomic mass is 10.1. The minimum atomic E-state index is -4.73. The molecule has 0 N–H and O–H groups in total. The number of nitriles is 2. The number of fused-ring (bicyclic) bond motifs is 1. The molecule has 2 amide bonds. The van der Waals surface area contributed by atoms with Crippen LogP contribution in [0, 0.1) is 22.7 Å². The minimum absolute atomic E-state index is 0.0913. The van der Waals surface area contributed by atoms with Gasteiger partial charge in [0.15, 0.2) is 0 Å². The van der Waals surface area contributed by atoms with Crippen LogP contribution in [0.1, 0.15) is 11.3 Å². The Morgan fingerprint density at radius 3 is 2.57 bits per heavy atom. The van der Waals surface area contributed by atoms with Gasteiger partial charge in [0, 0.05) is 17.0 Å². The Morgan fingerprint density at radius 2 is 1.87 bits per heavy atom. The second-order valence-corrected chi connectivity index (χ2v) is 6.48. The van der Waals surface area contributed by atoms with Crippen molar-refractivity contribution in [2.45, 2.75) is 12.2 Å². The number of amides is 2. The monoisotopic (exact) mass is 408 g/mol. The third kappa shape index (κ3) is 3.05. The van der Waals surface area contributed by atoms with E-state index < -0.39 is 23.9 Å². The number of rotatable bonds is 2. The van der Waals surface area contributed by atoms with Gasteiger partial charge >= 0.3 is 12.2 Å². The van der Waals surface area contributed by atoms with Gasteiger partial charge in [-0.15, -0.1) is 0 Å². The molecular weight excluding hydrogens is 397 g/mol. The molecule has 1 aromatic carbocycles. The van der Waals surface area contributed by atoms with Gasteiger partial charge < -0.3 is 0 Å². The summed E-state index contributed by atoms with van der Waals surface area (Å²) >= 11 is 0. The molecule has 3 aromatic rings. The maximum Gasteiger partial charge on any atom is 0.433 e. The lowest BCUT2D eigenvalue weighted by Gasteiger charge is -2.21. The molecule has 30 heavy (non-hydrogen) atoms. The van der Waals surface area contributed by atoms with Crippen LogP contribution in [0.2, 0.25) is 0 Å². The van der Waals surface area contributed by atoms with Crippen molar-refractivity contribution in [3.05, 3.63) is 60.2 Å². The third-order valence-corrected chi connectivity index (χ3v) is 4.74. The number of halogens is 3. The Labute approximate surface area is 168 Å². The predicted octanol–water partition coefficient (Wildman–Crippen LogP) is 3.86. The summed E-state index contributed by atoms with van der Waals surface area (Å²) in [6.07, 6.45) is -0.829. The van der Waals surface area contributed by atoms with E-state index in [1.54, 1.807) is 36.5 Å². The molecule has 0 radical (unpaired) electrons. The fourth-order valence-corrected chi connectivity index (χ4v) is 3.37. The average Bonchev–Trinajstić information content (AvgIpc) is 3.08. The number of benzene rings is 1. The zero-order chi connectivity index (χ0) is 21.5. The quantitative estimate of drug-likeness (QED) is 0.642. The fourth-order valence-electron chi connectivity index (χ4n) is 3.37. The summed E-state index contributed by atoms with van der Waals surface area (Å²) < 4.78 is 38.8. The molecule has 0 unspecified atom stereocenters. The first-order valence-electron chi connectivity index (χ1n) is 8.65. The number of carbonyl (C=O) groups is 1. The lowest BCUT2D eigenvalue weighted by molar-refractivity contribution is -0.141. The van der Waals surface area contributed by atoms with Crippen molar-refractivity contribution in [2.75, 3.05) is 16.3 Å². The van der Waals surface area contributed by atoms with E-state index in [2.05, 4.69) is 9.97 Å². The Morgan fingerprint density at radius 1 is 1.10 bits per heavy atom. The Balaban J connectivity index is 1.80. The molecule has 4 rings (SSSR count). The summed E-state index contributed by atoms with van der Waals surface area (Å²) in [5.74, 6) is 0. The number of nitrogens with zero attached hydrogens (tertiary/aromatic N) is 6. The van der Waals surface area contributed by atoms with Crippen LogP contribution in [0.5, 0.6) is 0 Å². The van der Waals surface area contributed by atoms with Crippen LogP contribution in [-0.4, -0.2) is 28.6 Å². The summed E-state index contributed by atoms with van der Waals surface area (Å²) in [5, 5.41) is 20.4. The molecule has 2 aromatic heterocycles. The number of pyridine rings is 2. The van der Waals surface area contributed by atoms with Crippen molar-refractivity contribution in [2.24, 2.45) is 0 Å². The van der Waals surface area contributed by atoms with E-state index in [-0.39, 0.29) is 17.8 Å². The summed E-state index contributed by atoms with van der Waals surface area (Å²) in [5.41, 5.74) is -1.29. The largest absolute Gasteiger partial charge is 0.433 e. The van der Waals surface area contributed by atoms with Gasteiger partial charge in [-0.3, -0.25) is 14.8 Å². The van der Waals surface area contributed by atoms with Crippen molar-refractivity contribution in [1.82, 2.24) is 9.97 Å². The number of aromatic nitrogens is 2. The van der Waals surface area contributed by atoms with Gasteiger partial charge in [-0.1, -0.05) is 24.3 Å². The molecule has 0 bridgehead atoms. The zero-order valence-corrected chi connectivity index (χ0v) is 15.1. The second kappa shape index (κ2) is 7.01. The highest BCUT2D eigenvalue weighted by Crippen LogP contribution is 2.35. The second-order valence-electron chi connectivity index (χ2n) is 6.48. The highest BCUT2D eigenvalue weighted by Gasteiger charge is 2.42.